The van der Waals surface area contributed by atoms with Crippen LogP contribution in [-0.2, 0) is 13.2 Å². The molecule has 0 amide bonds. The number of fused-ring (bicyclic) bond motifs is 1. The molecular formula is C30H23NO5. The smallest absolute Gasteiger partial charge is 0.336 e. The molecule has 0 fully saturated rings. The minimum absolute atomic E-state index is 0.0400. The van der Waals surface area contributed by atoms with Crippen LogP contribution in [0.25, 0.3) is 11.0 Å². The van der Waals surface area contributed by atoms with Gasteiger partial charge in [-0.15, -0.1) is 0 Å². The molecule has 6 nitrogen and oxygen atoms in total. The van der Waals surface area contributed by atoms with Crippen molar-refractivity contribution in [1.82, 2.24) is 0 Å². The Morgan fingerprint density at radius 1 is 0.778 bits per heavy atom. The van der Waals surface area contributed by atoms with Crippen molar-refractivity contribution < 1.29 is 19.0 Å². The van der Waals surface area contributed by atoms with E-state index in [2.05, 4.69) is 4.99 Å². The lowest BCUT2D eigenvalue weighted by atomic mass is 10.1. The van der Waals surface area contributed by atoms with Crippen molar-refractivity contribution in [2.75, 3.05) is 0 Å². The highest BCUT2D eigenvalue weighted by Gasteiger charge is 2.14. The molecule has 1 aromatic heterocycles. The number of phenolic OH excluding ortho intramolecular Hbond substituents is 1. The summed E-state index contributed by atoms with van der Waals surface area (Å²) in [6.07, 6.45) is 1.52. The van der Waals surface area contributed by atoms with Gasteiger partial charge in [0, 0.05) is 30.0 Å². The van der Waals surface area contributed by atoms with Gasteiger partial charge in [-0.1, -0.05) is 72.8 Å². The van der Waals surface area contributed by atoms with Gasteiger partial charge in [0.25, 0.3) is 0 Å². The minimum Gasteiger partial charge on any atom is -0.506 e. The molecule has 5 aromatic rings. The zero-order chi connectivity index (χ0) is 24.7. The Hall–Kier alpha value is -4.84. The number of hydrogen-bond donors (Lipinski definition) is 1. The van der Waals surface area contributed by atoms with Gasteiger partial charge in [-0.05, 0) is 23.3 Å². The zero-order valence-electron chi connectivity index (χ0n) is 19.3. The first kappa shape index (κ1) is 22.9. The van der Waals surface area contributed by atoms with Crippen molar-refractivity contribution in [2.24, 2.45) is 4.99 Å². The second-order valence-electron chi connectivity index (χ2n) is 8.11. The summed E-state index contributed by atoms with van der Waals surface area (Å²) in [5.41, 5.74) is 2.67. The van der Waals surface area contributed by atoms with E-state index in [1.54, 1.807) is 36.4 Å². The lowest BCUT2D eigenvalue weighted by Crippen LogP contribution is -2.04. The molecule has 0 aliphatic rings. The Morgan fingerprint density at radius 2 is 1.42 bits per heavy atom. The molecule has 0 atom stereocenters. The molecule has 0 bridgehead atoms. The lowest BCUT2D eigenvalue weighted by molar-refractivity contribution is 0.292. The fraction of sp³-hybridized carbons (Fsp3) is 0.0667. The third kappa shape index (κ3) is 5.45. The van der Waals surface area contributed by atoms with Gasteiger partial charge in [-0.3, -0.25) is 4.99 Å². The molecule has 0 spiro atoms. The molecule has 178 valence electrons. The number of rotatable bonds is 8. The highest BCUT2D eigenvalue weighted by atomic mass is 16.5. The van der Waals surface area contributed by atoms with Gasteiger partial charge < -0.3 is 19.0 Å². The summed E-state index contributed by atoms with van der Waals surface area (Å²) in [6, 6.07) is 31.1. The van der Waals surface area contributed by atoms with E-state index < -0.39 is 5.63 Å². The second kappa shape index (κ2) is 10.6. The zero-order valence-corrected chi connectivity index (χ0v) is 19.3. The lowest BCUT2D eigenvalue weighted by Gasteiger charge is -2.14. The molecule has 0 radical (unpaired) electrons. The molecule has 5 rings (SSSR count). The average molecular weight is 478 g/mol. The van der Waals surface area contributed by atoms with Crippen LogP contribution in [0.15, 0.2) is 117 Å². The maximum atomic E-state index is 12.4. The number of phenols is 1. The van der Waals surface area contributed by atoms with Gasteiger partial charge in [0.05, 0.1) is 5.39 Å². The summed E-state index contributed by atoms with van der Waals surface area (Å²) < 4.78 is 17.7. The van der Waals surface area contributed by atoms with E-state index in [1.165, 1.54) is 12.3 Å². The standard InChI is InChI=1S/C30H23NO5/c32-26-14-8-7-13-25(26)31-18-23-15-29(33)36-28-17-24(34-19-21-9-3-1-4-10-21)16-27(30(23)28)35-20-22-11-5-2-6-12-22/h1-18,32H,19-20H2. The summed E-state index contributed by atoms with van der Waals surface area (Å²) in [4.78, 5) is 16.8. The van der Waals surface area contributed by atoms with E-state index in [-0.39, 0.29) is 5.75 Å². The molecule has 0 saturated heterocycles. The minimum atomic E-state index is -0.532. The number of aliphatic imine (C=N–C) groups is 1. The normalized spacial score (nSPS) is 11.1. The molecule has 6 heteroatoms. The number of hydrogen-bond acceptors (Lipinski definition) is 6. The van der Waals surface area contributed by atoms with Gasteiger partial charge in [-0.2, -0.15) is 0 Å². The predicted octanol–water partition coefficient (Wildman–Crippen LogP) is 6.41. The van der Waals surface area contributed by atoms with Gasteiger partial charge in [0.15, 0.2) is 0 Å². The summed E-state index contributed by atoms with van der Waals surface area (Å²) >= 11 is 0. The summed E-state index contributed by atoms with van der Waals surface area (Å²) in [7, 11) is 0. The summed E-state index contributed by atoms with van der Waals surface area (Å²) in [5.74, 6) is 1.03. The van der Waals surface area contributed by atoms with Crippen molar-refractivity contribution >= 4 is 22.9 Å². The van der Waals surface area contributed by atoms with Crippen molar-refractivity contribution in [3.63, 3.8) is 0 Å². The van der Waals surface area contributed by atoms with Crippen molar-refractivity contribution in [3.05, 3.63) is 130 Å². The van der Waals surface area contributed by atoms with Crippen LogP contribution in [0.1, 0.15) is 16.7 Å². The highest BCUT2D eigenvalue weighted by molar-refractivity contribution is 6.02. The van der Waals surface area contributed by atoms with Crippen LogP contribution < -0.4 is 15.1 Å². The first-order valence-electron chi connectivity index (χ1n) is 11.4. The molecule has 4 aromatic carbocycles. The Labute approximate surface area is 207 Å². The maximum absolute atomic E-state index is 12.4. The molecular weight excluding hydrogens is 454 g/mol. The topological polar surface area (TPSA) is 81.3 Å². The van der Waals surface area contributed by atoms with Crippen LogP contribution >= 0.6 is 0 Å². The van der Waals surface area contributed by atoms with Gasteiger partial charge in [0.2, 0.25) is 0 Å². The van der Waals surface area contributed by atoms with Crippen LogP contribution in [0.2, 0.25) is 0 Å². The van der Waals surface area contributed by atoms with Crippen molar-refractivity contribution in [2.45, 2.75) is 13.2 Å². The van der Waals surface area contributed by atoms with E-state index in [9.17, 15) is 9.90 Å². The Bertz CT molecular complexity index is 1560. The van der Waals surface area contributed by atoms with Crippen LogP contribution in [0.5, 0.6) is 17.2 Å². The molecule has 0 aliphatic carbocycles. The van der Waals surface area contributed by atoms with Gasteiger partial charge in [0.1, 0.15) is 41.7 Å². The van der Waals surface area contributed by atoms with Crippen LogP contribution in [0.3, 0.4) is 0 Å². The highest BCUT2D eigenvalue weighted by Crippen LogP contribution is 2.34. The van der Waals surface area contributed by atoms with Gasteiger partial charge >= 0.3 is 5.63 Å². The number of ether oxygens (including phenoxy) is 2. The number of aromatic hydroxyl groups is 1. The Kier molecular flexibility index (Phi) is 6.76. The third-order valence-corrected chi connectivity index (χ3v) is 5.52. The second-order valence-corrected chi connectivity index (χ2v) is 8.11. The van der Waals surface area contributed by atoms with E-state index in [4.69, 9.17) is 13.9 Å². The SMILES string of the molecule is O=c1cc(C=Nc2ccccc2O)c2c(OCc3ccccc3)cc(OCc3ccccc3)cc2o1. The van der Waals surface area contributed by atoms with Crippen LogP contribution in [0.4, 0.5) is 5.69 Å². The van der Waals surface area contributed by atoms with E-state index >= 15 is 0 Å². The van der Waals surface area contributed by atoms with E-state index in [0.717, 1.165) is 11.1 Å². The number of para-hydroxylation sites is 2. The first-order chi connectivity index (χ1) is 17.7. The number of nitrogens with zero attached hydrogens (tertiary/aromatic N) is 1. The van der Waals surface area contributed by atoms with Crippen LogP contribution in [0, 0.1) is 0 Å². The maximum Gasteiger partial charge on any atom is 0.336 e. The van der Waals surface area contributed by atoms with Crippen molar-refractivity contribution in [1.29, 1.82) is 0 Å². The summed E-state index contributed by atoms with van der Waals surface area (Å²) in [5, 5.41) is 10.7. The third-order valence-electron chi connectivity index (χ3n) is 5.52. The fourth-order valence-corrected chi connectivity index (χ4v) is 3.76. The molecule has 0 aliphatic heterocycles. The monoisotopic (exact) mass is 477 g/mol. The number of benzene rings is 4. The molecule has 1 N–H and O–H groups in total. The average Bonchev–Trinajstić information content (AvgIpc) is 2.91. The molecule has 1 heterocycles. The largest absolute Gasteiger partial charge is 0.506 e. The molecule has 0 unspecified atom stereocenters. The summed E-state index contributed by atoms with van der Waals surface area (Å²) in [6.45, 7) is 0.663. The molecule has 36 heavy (non-hydrogen) atoms. The Balaban J connectivity index is 1.56. The van der Waals surface area contributed by atoms with E-state index in [0.29, 0.717) is 46.9 Å². The van der Waals surface area contributed by atoms with Gasteiger partial charge in [-0.25, -0.2) is 4.79 Å². The first-order valence-corrected chi connectivity index (χ1v) is 11.4. The Morgan fingerprint density at radius 3 is 2.11 bits per heavy atom. The van der Waals surface area contributed by atoms with Crippen LogP contribution in [-0.4, -0.2) is 11.3 Å². The molecule has 0 saturated carbocycles. The fourth-order valence-electron chi connectivity index (χ4n) is 3.76. The quantitative estimate of drug-likeness (QED) is 0.206. The van der Waals surface area contributed by atoms with E-state index in [1.807, 2.05) is 60.7 Å². The van der Waals surface area contributed by atoms with Crippen molar-refractivity contribution in [3.8, 4) is 17.2 Å². The predicted molar refractivity (Wildman–Crippen MR) is 139 cm³/mol.